The van der Waals surface area contributed by atoms with Crippen molar-refractivity contribution in [3.05, 3.63) is 114 Å². The van der Waals surface area contributed by atoms with E-state index in [1.54, 1.807) is 12.1 Å². The van der Waals surface area contributed by atoms with E-state index in [1.165, 1.54) is 13.0 Å². The SMILES string of the molecule is COc1c(F)c(F)c(Cn2c3cc(=O)n(Cc4cccc(Cl)n4)c(C)c3c(=O)n2-c2ncc(F)cc2F)c(F)c1F. The van der Waals surface area contributed by atoms with Gasteiger partial charge in [0.05, 0.1) is 48.6 Å². The Morgan fingerprint density at radius 1 is 0.951 bits per heavy atom. The molecule has 0 aliphatic carbocycles. The number of nitrogens with zero attached hydrogens (tertiary/aromatic N) is 5. The summed E-state index contributed by atoms with van der Waals surface area (Å²) in [5.41, 5.74) is -2.86. The second-order valence-electron chi connectivity index (χ2n) is 8.77. The summed E-state index contributed by atoms with van der Waals surface area (Å²) in [6.45, 7) is 0.116. The van der Waals surface area contributed by atoms with Crippen molar-refractivity contribution in [1.29, 1.82) is 0 Å². The van der Waals surface area contributed by atoms with Crippen molar-refractivity contribution in [2.45, 2.75) is 20.0 Å². The molecule has 0 unspecified atom stereocenters. The van der Waals surface area contributed by atoms with E-state index in [-0.39, 0.29) is 28.3 Å². The van der Waals surface area contributed by atoms with Crippen LogP contribution in [0.2, 0.25) is 5.15 Å². The Morgan fingerprint density at radius 2 is 1.63 bits per heavy atom. The van der Waals surface area contributed by atoms with Crippen LogP contribution in [0.1, 0.15) is 17.0 Å². The zero-order valence-electron chi connectivity index (χ0n) is 21.0. The van der Waals surface area contributed by atoms with E-state index in [9.17, 15) is 35.9 Å². The molecule has 0 radical (unpaired) electrons. The largest absolute Gasteiger partial charge is 0.491 e. The minimum absolute atomic E-state index is 0.0299. The Labute approximate surface area is 230 Å². The number of aromatic nitrogens is 5. The summed E-state index contributed by atoms with van der Waals surface area (Å²) in [4.78, 5) is 34.6. The Kier molecular flexibility index (Phi) is 7.11. The van der Waals surface area contributed by atoms with Crippen molar-refractivity contribution in [3.8, 4) is 11.6 Å². The number of hydrogen-bond acceptors (Lipinski definition) is 5. The monoisotopic (exact) mass is 595 g/mol. The molecule has 4 aromatic heterocycles. The van der Waals surface area contributed by atoms with E-state index in [4.69, 9.17) is 11.6 Å². The van der Waals surface area contributed by atoms with Gasteiger partial charge in [-0.05, 0) is 19.1 Å². The molecule has 0 N–H and O–H groups in total. The maximum atomic E-state index is 15.0. The highest BCUT2D eigenvalue weighted by atomic mass is 35.5. The third kappa shape index (κ3) is 4.63. The van der Waals surface area contributed by atoms with Gasteiger partial charge < -0.3 is 9.30 Å². The fourth-order valence-corrected chi connectivity index (χ4v) is 4.68. The lowest BCUT2D eigenvalue weighted by atomic mass is 10.1. The zero-order chi connectivity index (χ0) is 29.7. The molecule has 0 spiro atoms. The molecule has 8 nitrogen and oxygen atoms in total. The highest BCUT2D eigenvalue weighted by Gasteiger charge is 2.29. The molecular weight excluding hydrogens is 580 g/mol. The molecule has 0 atom stereocenters. The number of methoxy groups -OCH3 is 1. The van der Waals surface area contributed by atoms with E-state index < -0.39 is 69.7 Å². The minimum Gasteiger partial charge on any atom is -0.491 e. The molecule has 41 heavy (non-hydrogen) atoms. The van der Waals surface area contributed by atoms with E-state index in [1.807, 2.05) is 0 Å². The highest BCUT2D eigenvalue weighted by molar-refractivity contribution is 6.29. The van der Waals surface area contributed by atoms with E-state index in [0.717, 1.165) is 17.7 Å². The molecule has 0 saturated heterocycles. The lowest BCUT2D eigenvalue weighted by Gasteiger charge is -2.16. The van der Waals surface area contributed by atoms with Crippen LogP contribution in [-0.2, 0) is 13.1 Å². The zero-order valence-corrected chi connectivity index (χ0v) is 21.7. The second kappa shape index (κ2) is 10.4. The third-order valence-electron chi connectivity index (χ3n) is 6.38. The van der Waals surface area contributed by atoms with Gasteiger partial charge in [-0.25, -0.2) is 27.5 Å². The van der Waals surface area contributed by atoms with Gasteiger partial charge in [-0.1, -0.05) is 17.7 Å². The van der Waals surface area contributed by atoms with Crippen molar-refractivity contribution < 1.29 is 31.1 Å². The second-order valence-corrected chi connectivity index (χ2v) is 9.15. The van der Waals surface area contributed by atoms with Gasteiger partial charge in [0.1, 0.15) is 11.0 Å². The van der Waals surface area contributed by atoms with Crippen LogP contribution in [0.4, 0.5) is 26.3 Å². The summed E-state index contributed by atoms with van der Waals surface area (Å²) >= 11 is 5.93. The number of halogens is 7. The van der Waals surface area contributed by atoms with E-state index in [0.29, 0.717) is 27.3 Å². The molecule has 0 fully saturated rings. The predicted octanol–water partition coefficient (Wildman–Crippen LogP) is 4.65. The molecule has 212 valence electrons. The Bertz CT molecular complexity index is 1960. The Morgan fingerprint density at radius 3 is 2.24 bits per heavy atom. The van der Waals surface area contributed by atoms with Gasteiger partial charge in [-0.15, -0.1) is 0 Å². The molecular formula is C26H16ClF6N5O3. The van der Waals surface area contributed by atoms with Crippen molar-refractivity contribution >= 4 is 22.5 Å². The molecule has 4 heterocycles. The standard InChI is InChI=1S/C26H16ClF6N5O3/c1-11-19-16(7-18(39)36(11)9-13-4-3-5-17(27)35-13)37(38(26(19)40)25-15(29)6-12(28)8-34-25)10-14-20(30)22(32)24(41-2)23(33)21(14)31/h3-8H,9-10H2,1-2H3. The smallest absolute Gasteiger partial charge is 0.282 e. The summed E-state index contributed by atoms with van der Waals surface area (Å²) in [6.07, 6.45) is 0.581. The van der Waals surface area contributed by atoms with Crippen LogP contribution in [0.15, 0.2) is 46.1 Å². The van der Waals surface area contributed by atoms with Gasteiger partial charge in [-0.3, -0.25) is 14.3 Å². The molecule has 0 aliphatic rings. The topological polar surface area (TPSA) is 83.9 Å². The predicted molar refractivity (Wildman–Crippen MR) is 135 cm³/mol. The average Bonchev–Trinajstić information content (AvgIpc) is 3.18. The summed E-state index contributed by atoms with van der Waals surface area (Å²) in [5.74, 6) is -12.0. The number of rotatable bonds is 6. The van der Waals surface area contributed by atoms with E-state index in [2.05, 4.69) is 14.7 Å². The number of hydrogen-bond donors (Lipinski definition) is 0. The van der Waals surface area contributed by atoms with Crippen molar-refractivity contribution in [2.24, 2.45) is 0 Å². The van der Waals surface area contributed by atoms with Crippen LogP contribution < -0.4 is 15.9 Å². The van der Waals surface area contributed by atoms with Crippen LogP contribution >= 0.6 is 11.6 Å². The maximum absolute atomic E-state index is 15.0. The summed E-state index contributed by atoms with van der Waals surface area (Å²) in [7, 11) is 0.798. The molecule has 5 aromatic rings. The summed E-state index contributed by atoms with van der Waals surface area (Å²) < 4.78 is 94.2. The number of fused-ring (bicyclic) bond motifs is 1. The highest BCUT2D eigenvalue weighted by Crippen LogP contribution is 2.31. The molecule has 15 heteroatoms. The number of pyridine rings is 3. The van der Waals surface area contributed by atoms with Crippen LogP contribution in [0.5, 0.6) is 5.75 Å². The van der Waals surface area contributed by atoms with Gasteiger partial charge in [0.25, 0.3) is 11.1 Å². The molecule has 1 aromatic carbocycles. The van der Waals surface area contributed by atoms with Gasteiger partial charge in [0.15, 0.2) is 29.0 Å². The Hall–Kier alpha value is -4.59. The van der Waals surface area contributed by atoms with Crippen LogP contribution in [0.3, 0.4) is 0 Å². The van der Waals surface area contributed by atoms with Gasteiger partial charge >= 0.3 is 0 Å². The maximum Gasteiger partial charge on any atom is 0.282 e. The number of benzene rings is 1. The molecule has 5 rings (SSSR count). The molecule has 0 aliphatic heterocycles. The first kappa shape index (κ1) is 28.0. The fraction of sp³-hybridized carbons (Fsp3) is 0.154. The molecule has 0 amide bonds. The van der Waals surface area contributed by atoms with Crippen LogP contribution in [0, 0.1) is 41.8 Å². The first-order chi connectivity index (χ1) is 19.4. The van der Waals surface area contributed by atoms with Gasteiger partial charge in [0, 0.05) is 17.8 Å². The lowest BCUT2D eigenvalue weighted by molar-refractivity contribution is 0.327. The number of ether oxygens (including phenoxy) is 1. The van der Waals surface area contributed by atoms with Crippen molar-refractivity contribution in [2.75, 3.05) is 7.11 Å². The lowest BCUT2D eigenvalue weighted by Crippen LogP contribution is -2.25. The first-order valence-corrected chi connectivity index (χ1v) is 12.0. The van der Waals surface area contributed by atoms with Crippen molar-refractivity contribution in [3.63, 3.8) is 0 Å². The number of aryl methyl sites for hydroxylation is 1. The molecule has 0 saturated carbocycles. The Balaban J connectivity index is 1.83. The van der Waals surface area contributed by atoms with E-state index >= 15 is 0 Å². The fourth-order valence-electron chi connectivity index (χ4n) is 4.50. The third-order valence-corrected chi connectivity index (χ3v) is 6.59. The quantitative estimate of drug-likeness (QED) is 0.162. The van der Waals surface area contributed by atoms with Crippen LogP contribution in [-0.4, -0.2) is 31.0 Å². The van der Waals surface area contributed by atoms with Gasteiger partial charge in [-0.2, -0.15) is 13.5 Å². The summed E-state index contributed by atoms with van der Waals surface area (Å²) in [6, 6.07) is 5.99. The normalized spacial score (nSPS) is 11.4. The van der Waals surface area contributed by atoms with Crippen LogP contribution in [0.25, 0.3) is 16.7 Å². The first-order valence-electron chi connectivity index (χ1n) is 11.6. The van der Waals surface area contributed by atoms with Gasteiger partial charge in [0.2, 0.25) is 11.6 Å². The summed E-state index contributed by atoms with van der Waals surface area (Å²) in [5, 5.41) is -0.0870. The van der Waals surface area contributed by atoms with Crippen molar-refractivity contribution in [1.82, 2.24) is 23.9 Å². The average molecular weight is 596 g/mol. The molecule has 0 bridgehead atoms. The minimum atomic E-state index is -1.86.